The molecule has 1 heterocycles. The fourth-order valence-electron chi connectivity index (χ4n) is 2.68. The summed E-state index contributed by atoms with van der Waals surface area (Å²) in [5, 5.41) is 10.8. The van der Waals surface area contributed by atoms with Gasteiger partial charge in [0.15, 0.2) is 5.82 Å². The minimum absolute atomic E-state index is 0.0640. The van der Waals surface area contributed by atoms with E-state index in [-0.39, 0.29) is 17.5 Å². The highest BCUT2D eigenvalue weighted by molar-refractivity contribution is 9.10. The highest BCUT2D eigenvalue weighted by atomic mass is 79.9. The normalized spacial score (nSPS) is 11.3. The van der Waals surface area contributed by atoms with Gasteiger partial charge in [-0.2, -0.15) is 18.2 Å². The van der Waals surface area contributed by atoms with Gasteiger partial charge in [0.2, 0.25) is 5.95 Å². The molecule has 0 aliphatic carbocycles. The Bertz CT molecular complexity index is 1060. The fraction of sp³-hybridized carbons (Fsp3) is 0.158. The summed E-state index contributed by atoms with van der Waals surface area (Å²) in [7, 11) is 3.05. The number of nitro benzene ring substituents is 1. The molecule has 3 aromatic rings. The second-order valence-electron chi connectivity index (χ2n) is 6.27. The van der Waals surface area contributed by atoms with Crippen molar-refractivity contribution in [3.05, 3.63) is 74.9 Å². The fourth-order valence-corrected chi connectivity index (χ4v) is 2.95. The third-order valence-corrected chi connectivity index (χ3v) is 4.87. The summed E-state index contributed by atoms with van der Waals surface area (Å²) >= 11 is 3.33. The molecule has 2 aromatic carbocycles. The molecular weight excluding hydrogens is 467 g/mol. The van der Waals surface area contributed by atoms with Crippen LogP contribution in [0.25, 0.3) is 0 Å². The van der Waals surface area contributed by atoms with E-state index in [9.17, 15) is 23.3 Å². The van der Waals surface area contributed by atoms with Gasteiger partial charge in [0.25, 0.3) is 5.69 Å². The van der Waals surface area contributed by atoms with Crippen LogP contribution in [-0.4, -0.2) is 29.0 Å². The Balaban J connectivity index is 2.05. The van der Waals surface area contributed by atoms with Crippen LogP contribution < -0.4 is 9.80 Å². The predicted octanol–water partition coefficient (Wildman–Crippen LogP) is 5.70. The molecule has 0 amide bonds. The zero-order chi connectivity index (χ0) is 22.1. The monoisotopic (exact) mass is 481 g/mol. The van der Waals surface area contributed by atoms with Crippen LogP contribution in [0.2, 0.25) is 0 Å². The van der Waals surface area contributed by atoms with Gasteiger partial charge in [0.1, 0.15) is 5.56 Å². The molecule has 0 aliphatic heterocycles. The number of halogens is 4. The van der Waals surface area contributed by atoms with E-state index in [1.54, 1.807) is 36.2 Å². The first kappa shape index (κ1) is 21.5. The van der Waals surface area contributed by atoms with E-state index >= 15 is 0 Å². The zero-order valence-corrected chi connectivity index (χ0v) is 17.3. The van der Waals surface area contributed by atoms with Crippen molar-refractivity contribution in [3.63, 3.8) is 0 Å². The molecule has 11 heteroatoms. The standard InChI is InChI=1S/C19H15BrF3N5O2/c1-26(13-7-9-15(10-8-13)28(29)30)17-16(19(21,22)23)11-24-18(25-17)27(2)14-5-3-12(20)4-6-14/h3-11H,1-2H3. The Morgan fingerprint density at radius 3 is 2.03 bits per heavy atom. The van der Waals surface area contributed by atoms with Crippen LogP contribution in [0.5, 0.6) is 0 Å². The number of aromatic nitrogens is 2. The molecule has 0 aliphatic rings. The number of anilines is 4. The molecule has 7 nitrogen and oxygen atoms in total. The first-order valence-corrected chi connectivity index (χ1v) is 9.29. The van der Waals surface area contributed by atoms with Gasteiger partial charge < -0.3 is 9.80 Å². The summed E-state index contributed by atoms with van der Waals surface area (Å²) in [4.78, 5) is 21.0. The van der Waals surface area contributed by atoms with Crippen molar-refractivity contribution in [1.29, 1.82) is 0 Å². The van der Waals surface area contributed by atoms with Crippen LogP contribution in [-0.2, 0) is 6.18 Å². The number of benzene rings is 2. The molecule has 0 radical (unpaired) electrons. The van der Waals surface area contributed by atoms with Crippen LogP contribution in [0.1, 0.15) is 5.56 Å². The maximum atomic E-state index is 13.6. The van der Waals surface area contributed by atoms with Gasteiger partial charge in [0, 0.05) is 48.3 Å². The SMILES string of the molecule is CN(c1ccc(Br)cc1)c1ncc(C(F)(F)F)c(N(C)c2ccc([N+](=O)[O-])cc2)n1. The quantitative estimate of drug-likeness (QED) is 0.343. The predicted molar refractivity (Wildman–Crippen MR) is 110 cm³/mol. The lowest BCUT2D eigenvalue weighted by atomic mass is 10.2. The molecular formula is C19H15BrF3N5O2. The summed E-state index contributed by atoms with van der Waals surface area (Å²) in [5.74, 6) is -0.306. The van der Waals surface area contributed by atoms with Gasteiger partial charge >= 0.3 is 6.18 Å². The lowest BCUT2D eigenvalue weighted by Crippen LogP contribution is -2.21. The Morgan fingerprint density at radius 1 is 0.967 bits per heavy atom. The zero-order valence-electron chi connectivity index (χ0n) is 15.8. The highest BCUT2D eigenvalue weighted by Crippen LogP contribution is 2.38. The van der Waals surface area contributed by atoms with Crippen molar-refractivity contribution in [3.8, 4) is 0 Å². The van der Waals surface area contributed by atoms with Gasteiger partial charge in [-0.25, -0.2) is 4.98 Å². The minimum Gasteiger partial charge on any atom is -0.329 e. The van der Waals surface area contributed by atoms with Gasteiger partial charge in [0.05, 0.1) is 4.92 Å². The smallest absolute Gasteiger partial charge is 0.329 e. The van der Waals surface area contributed by atoms with Crippen molar-refractivity contribution in [2.75, 3.05) is 23.9 Å². The number of hydrogen-bond acceptors (Lipinski definition) is 6. The van der Waals surface area contributed by atoms with E-state index < -0.39 is 16.7 Å². The Hall–Kier alpha value is -3.21. The molecule has 30 heavy (non-hydrogen) atoms. The van der Waals surface area contributed by atoms with E-state index in [1.165, 1.54) is 36.2 Å². The molecule has 0 saturated carbocycles. The van der Waals surface area contributed by atoms with Crippen molar-refractivity contribution in [1.82, 2.24) is 9.97 Å². The Morgan fingerprint density at radius 2 is 1.50 bits per heavy atom. The average Bonchev–Trinajstić information content (AvgIpc) is 2.72. The lowest BCUT2D eigenvalue weighted by molar-refractivity contribution is -0.384. The van der Waals surface area contributed by atoms with Crippen LogP contribution in [0.3, 0.4) is 0 Å². The summed E-state index contributed by atoms with van der Waals surface area (Å²) in [5.41, 5.74) is -0.193. The van der Waals surface area contributed by atoms with Gasteiger partial charge in [-0.1, -0.05) is 15.9 Å². The van der Waals surface area contributed by atoms with Crippen molar-refractivity contribution in [2.24, 2.45) is 0 Å². The van der Waals surface area contributed by atoms with E-state index in [0.29, 0.717) is 11.4 Å². The minimum atomic E-state index is -4.68. The number of nitro groups is 1. The summed E-state index contributed by atoms with van der Waals surface area (Å²) in [6, 6.07) is 12.3. The van der Waals surface area contributed by atoms with E-state index in [2.05, 4.69) is 25.9 Å². The largest absolute Gasteiger partial charge is 0.421 e. The molecule has 0 saturated heterocycles. The third-order valence-electron chi connectivity index (χ3n) is 4.34. The van der Waals surface area contributed by atoms with Crippen molar-refractivity contribution in [2.45, 2.75) is 6.18 Å². The maximum Gasteiger partial charge on any atom is 0.421 e. The summed E-state index contributed by atoms with van der Waals surface area (Å²) < 4.78 is 41.6. The van der Waals surface area contributed by atoms with Gasteiger partial charge in [-0.05, 0) is 36.4 Å². The topological polar surface area (TPSA) is 75.4 Å². The van der Waals surface area contributed by atoms with Crippen LogP contribution >= 0.6 is 15.9 Å². The second-order valence-corrected chi connectivity index (χ2v) is 7.19. The second kappa shape index (κ2) is 8.27. The highest BCUT2D eigenvalue weighted by Gasteiger charge is 2.37. The molecule has 0 fully saturated rings. The number of rotatable bonds is 5. The first-order chi connectivity index (χ1) is 14.1. The van der Waals surface area contributed by atoms with E-state index in [0.717, 1.165) is 10.7 Å². The molecule has 1 aromatic heterocycles. The molecule has 3 rings (SSSR count). The van der Waals surface area contributed by atoms with Crippen molar-refractivity contribution < 1.29 is 18.1 Å². The molecule has 0 spiro atoms. The Labute approximate surface area is 178 Å². The third kappa shape index (κ3) is 4.51. The van der Waals surface area contributed by atoms with Crippen LogP contribution in [0.4, 0.5) is 42.0 Å². The molecule has 0 atom stereocenters. The number of alkyl halides is 3. The first-order valence-electron chi connectivity index (χ1n) is 8.49. The summed E-state index contributed by atoms with van der Waals surface area (Å²) in [6.07, 6.45) is -3.95. The van der Waals surface area contributed by atoms with Crippen LogP contribution in [0.15, 0.2) is 59.2 Å². The number of nitrogens with zero attached hydrogens (tertiary/aromatic N) is 5. The summed E-state index contributed by atoms with van der Waals surface area (Å²) in [6.45, 7) is 0. The van der Waals surface area contributed by atoms with Gasteiger partial charge in [-0.15, -0.1) is 0 Å². The Kier molecular flexibility index (Phi) is 5.92. The molecule has 0 N–H and O–H groups in total. The number of non-ortho nitro benzene ring substituents is 1. The van der Waals surface area contributed by atoms with Gasteiger partial charge in [-0.3, -0.25) is 10.1 Å². The maximum absolute atomic E-state index is 13.6. The van der Waals surface area contributed by atoms with E-state index in [4.69, 9.17) is 0 Å². The number of hydrogen-bond donors (Lipinski definition) is 0. The molecule has 156 valence electrons. The molecule has 0 unspecified atom stereocenters. The lowest BCUT2D eigenvalue weighted by Gasteiger charge is -2.25. The van der Waals surface area contributed by atoms with Crippen molar-refractivity contribution >= 4 is 44.8 Å². The average molecular weight is 482 g/mol. The van der Waals surface area contributed by atoms with Crippen LogP contribution in [0, 0.1) is 10.1 Å². The molecule has 0 bridgehead atoms. The van der Waals surface area contributed by atoms with E-state index in [1.807, 2.05) is 0 Å².